The van der Waals surface area contributed by atoms with Crippen LogP contribution in [0, 0.1) is 11.8 Å². The minimum atomic E-state index is 0.470. The highest BCUT2D eigenvalue weighted by Crippen LogP contribution is 2.21. The molecule has 2 rings (SSSR count). The largest absolute Gasteiger partial charge is 0.309 e. The SMILES string of the molecule is CC(CNC(c1ccccc1)C(C)C)CN1CCCC1. The Labute approximate surface area is 124 Å². The summed E-state index contributed by atoms with van der Waals surface area (Å²) in [5.41, 5.74) is 1.41. The summed E-state index contributed by atoms with van der Waals surface area (Å²) in [5, 5.41) is 3.78. The highest BCUT2D eigenvalue weighted by atomic mass is 15.1. The molecule has 0 radical (unpaired) electrons. The van der Waals surface area contributed by atoms with Crippen molar-refractivity contribution in [1.29, 1.82) is 0 Å². The molecule has 1 aliphatic rings. The number of nitrogens with zero attached hydrogens (tertiary/aromatic N) is 1. The van der Waals surface area contributed by atoms with E-state index in [1.165, 1.54) is 38.0 Å². The van der Waals surface area contributed by atoms with Gasteiger partial charge in [0.05, 0.1) is 0 Å². The van der Waals surface area contributed by atoms with Crippen LogP contribution >= 0.6 is 0 Å². The van der Waals surface area contributed by atoms with Crippen molar-refractivity contribution in [2.24, 2.45) is 11.8 Å². The molecule has 1 fully saturated rings. The molecule has 0 spiro atoms. The van der Waals surface area contributed by atoms with Crippen molar-refractivity contribution in [3.63, 3.8) is 0 Å². The first-order chi connectivity index (χ1) is 9.66. The molecule has 1 aromatic carbocycles. The Bertz CT molecular complexity index is 368. The molecule has 2 nitrogen and oxygen atoms in total. The van der Waals surface area contributed by atoms with Crippen molar-refractivity contribution in [3.8, 4) is 0 Å². The maximum Gasteiger partial charge on any atom is 0.0343 e. The van der Waals surface area contributed by atoms with E-state index in [2.05, 4.69) is 61.3 Å². The van der Waals surface area contributed by atoms with Crippen LogP contribution in [0.3, 0.4) is 0 Å². The third kappa shape index (κ3) is 4.60. The third-order valence-electron chi connectivity index (χ3n) is 4.28. The van der Waals surface area contributed by atoms with Crippen LogP contribution in [-0.2, 0) is 0 Å². The van der Waals surface area contributed by atoms with Crippen LogP contribution in [0.15, 0.2) is 30.3 Å². The Morgan fingerprint density at radius 3 is 2.30 bits per heavy atom. The van der Waals surface area contributed by atoms with Crippen LogP contribution in [0.25, 0.3) is 0 Å². The summed E-state index contributed by atoms with van der Waals surface area (Å²) in [6, 6.07) is 11.3. The van der Waals surface area contributed by atoms with E-state index in [9.17, 15) is 0 Å². The Morgan fingerprint density at radius 2 is 1.70 bits per heavy atom. The molecule has 0 bridgehead atoms. The molecular weight excluding hydrogens is 244 g/mol. The lowest BCUT2D eigenvalue weighted by atomic mass is 9.95. The van der Waals surface area contributed by atoms with Crippen LogP contribution in [-0.4, -0.2) is 31.1 Å². The molecule has 1 saturated heterocycles. The second-order valence-corrected chi connectivity index (χ2v) is 6.65. The number of hydrogen-bond donors (Lipinski definition) is 1. The molecule has 1 aliphatic heterocycles. The van der Waals surface area contributed by atoms with Gasteiger partial charge in [-0.2, -0.15) is 0 Å². The van der Waals surface area contributed by atoms with Gasteiger partial charge in [-0.15, -0.1) is 0 Å². The first kappa shape index (κ1) is 15.5. The third-order valence-corrected chi connectivity index (χ3v) is 4.28. The van der Waals surface area contributed by atoms with Gasteiger partial charge in [0.1, 0.15) is 0 Å². The summed E-state index contributed by atoms with van der Waals surface area (Å²) in [4.78, 5) is 2.61. The second-order valence-electron chi connectivity index (χ2n) is 6.65. The fourth-order valence-electron chi connectivity index (χ4n) is 3.20. The highest BCUT2D eigenvalue weighted by molar-refractivity contribution is 5.19. The van der Waals surface area contributed by atoms with E-state index >= 15 is 0 Å². The smallest absolute Gasteiger partial charge is 0.0343 e. The van der Waals surface area contributed by atoms with Crippen molar-refractivity contribution in [1.82, 2.24) is 10.2 Å². The summed E-state index contributed by atoms with van der Waals surface area (Å²) in [7, 11) is 0. The van der Waals surface area contributed by atoms with Crippen molar-refractivity contribution in [3.05, 3.63) is 35.9 Å². The number of likely N-dealkylation sites (tertiary alicyclic amines) is 1. The molecule has 0 aliphatic carbocycles. The molecule has 2 heteroatoms. The molecule has 20 heavy (non-hydrogen) atoms. The molecule has 2 unspecified atom stereocenters. The van der Waals surface area contributed by atoms with Crippen molar-refractivity contribution >= 4 is 0 Å². The van der Waals surface area contributed by atoms with E-state index in [-0.39, 0.29) is 0 Å². The lowest BCUT2D eigenvalue weighted by Crippen LogP contribution is -2.34. The van der Waals surface area contributed by atoms with Gasteiger partial charge in [0.15, 0.2) is 0 Å². The van der Waals surface area contributed by atoms with Gasteiger partial charge < -0.3 is 10.2 Å². The molecule has 1 heterocycles. The van der Waals surface area contributed by atoms with E-state index in [0.29, 0.717) is 12.0 Å². The average molecular weight is 274 g/mol. The number of nitrogens with one attached hydrogen (secondary N) is 1. The molecule has 2 atom stereocenters. The first-order valence-corrected chi connectivity index (χ1v) is 8.17. The maximum absolute atomic E-state index is 3.78. The highest BCUT2D eigenvalue weighted by Gasteiger charge is 2.18. The van der Waals surface area contributed by atoms with E-state index in [1.54, 1.807) is 0 Å². The number of rotatable bonds is 7. The maximum atomic E-state index is 3.78. The van der Waals surface area contributed by atoms with Gasteiger partial charge >= 0.3 is 0 Å². The lowest BCUT2D eigenvalue weighted by Gasteiger charge is -2.26. The minimum Gasteiger partial charge on any atom is -0.309 e. The molecular formula is C18H30N2. The Balaban J connectivity index is 1.82. The van der Waals surface area contributed by atoms with Crippen LogP contribution in [0.5, 0.6) is 0 Å². The van der Waals surface area contributed by atoms with Crippen molar-refractivity contribution < 1.29 is 0 Å². The second kappa shape index (κ2) is 7.80. The first-order valence-electron chi connectivity index (χ1n) is 8.17. The molecule has 1 aromatic rings. The van der Waals surface area contributed by atoms with Gasteiger partial charge in [-0.1, -0.05) is 51.1 Å². The fraction of sp³-hybridized carbons (Fsp3) is 0.667. The van der Waals surface area contributed by atoms with Crippen LogP contribution in [0.2, 0.25) is 0 Å². The predicted molar refractivity (Wildman–Crippen MR) is 86.9 cm³/mol. The summed E-state index contributed by atoms with van der Waals surface area (Å²) in [6.45, 7) is 11.9. The number of benzene rings is 1. The van der Waals surface area contributed by atoms with E-state index in [0.717, 1.165) is 12.5 Å². The summed E-state index contributed by atoms with van der Waals surface area (Å²) in [5.74, 6) is 1.34. The van der Waals surface area contributed by atoms with Gasteiger partial charge in [-0.05, 0) is 49.9 Å². The van der Waals surface area contributed by atoms with E-state index in [4.69, 9.17) is 0 Å². The van der Waals surface area contributed by atoms with E-state index in [1.807, 2.05) is 0 Å². The molecule has 0 amide bonds. The molecule has 1 N–H and O–H groups in total. The van der Waals surface area contributed by atoms with Gasteiger partial charge in [0.25, 0.3) is 0 Å². The fourth-order valence-corrected chi connectivity index (χ4v) is 3.20. The van der Waals surface area contributed by atoms with Gasteiger partial charge in [0, 0.05) is 12.6 Å². The van der Waals surface area contributed by atoms with Gasteiger partial charge in [0.2, 0.25) is 0 Å². The van der Waals surface area contributed by atoms with Crippen LogP contribution in [0.4, 0.5) is 0 Å². The molecule has 0 saturated carbocycles. The topological polar surface area (TPSA) is 15.3 Å². The summed E-state index contributed by atoms with van der Waals surface area (Å²) in [6.07, 6.45) is 2.78. The zero-order valence-corrected chi connectivity index (χ0v) is 13.3. The number of hydrogen-bond acceptors (Lipinski definition) is 2. The van der Waals surface area contributed by atoms with Crippen molar-refractivity contribution in [2.75, 3.05) is 26.2 Å². The van der Waals surface area contributed by atoms with Crippen LogP contribution in [0.1, 0.15) is 45.2 Å². The quantitative estimate of drug-likeness (QED) is 0.815. The zero-order chi connectivity index (χ0) is 14.4. The van der Waals surface area contributed by atoms with E-state index < -0.39 is 0 Å². The minimum absolute atomic E-state index is 0.470. The zero-order valence-electron chi connectivity index (χ0n) is 13.3. The lowest BCUT2D eigenvalue weighted by molar-refractivity contribution is 0.271. The summed E-state index contributed by atoms with van der Waals surface area (Å²) < 4.78 is 0. The Kier molecular flexibility index (Phi) is 6.06. The standard InChI is InChI=1S/C18H30N2/c1-15(2)18(17-9-5-4-6-10-17)19-13-16(3)14-20-11-7-8-12-20/h4-6,9-10,15-16,18-19H,7-8,11-14H2,1-3H3. The Morgan fingerprint density at radius 1 is 1.05 bits per heavy atom. The average Bonchev–Trinajstić information content (AvgIpc) is 2.92. The van der Waals surface area contributed by atoms with Crippen molar-refractivity contribution in [2.45, 2.75) is 39.7 Å². The van der Waals surface area contributed by atoms with Gasteiger partial charge in [-0.3, -0.25) is 0 Å². The summed E-state index contributed by atoms with van der Waals surface area (Å²) >= 11 is 0. The van der Waals surface area contributed by atoms with Gasteiger partial charge in [-0.25, -0.2) is 0 Å². The van der Waals surface area contributed by atoms with Crippen LogP contribution < -0.4 is 5.32 Å². The molecule has 112 valence electrons. The monoisotopic (exact) mass is 274 g/mol. The molecule has 0 aromatic heterocycles. The normalized spacial score (nSPS) is 19.4. The Hall–Kier alpha value is -0.860. The predicted octanol–water partition coefficient (Wildman–Crippen LogP) is 3.71.